The van der Waals surface area contributed by atoms with Gasteiger partial charge in [-0.1, -0.05) is 42.0 Å². The molecule has 0 fully saturated rings. The van der Waals surface area contributed by atoms with E-state index in [2.05, 4.69) is 10.6 Å². The average Bonchev–Trinajstić information content (AvgIpc) is 3.01. The van der Waals surface area contributed by atoms with Crippen LogP contribution < -0.4 is 15.5 Å². The lowest BCUT2D eigenvalue weighted by Crippen LogP contribution is -2.33. The van der Waals surface area contributed by atoms with Gasteiger partial charge in [-0.2, -0.15) is 0 Å². The molecular formula is C28H27N3O3. The second-order valence-corrected chi connectivity index (χ2v) is 8.62. The van der Waals surface area contributed by atoms with E-state index in [9.17, 15) is 14.4 Å². The minimum Gasteiger partial charge on any atom is -0.350 e. The molecule has 0 saturated heterocycles. The minimum atomic E-state index is -0.404. The molecule has 0 bridgehead atoms. The third kappa shape index (κ3) is 4.22. The molecule has 2 N–H and O–H groups in total. The average molecular weight is 454 g/mol. The summed E-state index contributed by atoms with van der Waals surface area (Å²) in [7, 11) is 0. The van der Waals surface area contributed by atoms with E-state index in [0.717, 1.165) is 27.9 Å². The van der Waals surface area contributed by atoms with Gasteiger partial charge in [0.2, 0.25) is 5.91 Å². The van der Waals surface area contributed by atoms with Crippen molar-refractivity contribution in [3.8, 4) is 0 Å². The SMILES string of the molecule is CC(=O)Nc1ccc(C2=C(Nc3cccc(C)c3C)C(=O)N(c3ccc(C)cc3C)C2=O)cc1. The Morgan fingerprint density at radius 3 is 2.18 bits per heavy atom. The number of carbonyl (C=O) groups excluding carboxylic acids is 3. The van der Waals surface area contributed by atoms with Gasteiger partial charge < -0.3 is 10.6 Å². The summed E-state index contributed by atoms with van der Waals surface area (Å²) >= 11 is 0. The van der Waals surface area contributed by atoms with Gasteiger partial charge in [0.05, 0.1) is 11.3 Å². The standard InChI is InChI=1S/C28H27N3O3/c1-16-9-14-24(18(3)15-16)31-27(33)25(21-10-12-22(13-11-21)29-20(5)32)26(28(31)34)30-23-8-6-7-17(2)19(23)4/h6-15,30H,1-5H3,(H,29,32). The van der Waals surface area contributed by atoms with E-state index < -0.39 is 11.8 Å². The predicted molar refractivity (Wildman–Crippen MR) is 136 cm³/mol. The Bertz CT molecular complexity index is 1350. The zero-order chi connectivity index (χ0) is 24.6. The Balaban J connectivity index is 1.83. The van der Waals surface area contributed by atoms with Crippen LogP contribution in [0.1, 0.15) is 34.7 Å². The molecule has 172 valence electrons. The molecule has 4 rings (SSSR count). The maximum absolute atomic E-state index is 13.7. The second-order valence-electron chi connectivity index (χ2n) is 8.62. The molecule has 0 atom stereocenters. The van der Waals surface area contributed by atoms with Gasteiger partial charge in [-0.15, -0.1) is 0 Å². The predicted octanol–water partition coefficient (Wildman–Crippen LogP) is 5.28. The van der Waals surface area contributed by atoms with E-state index in [1.807, 2.05) is 58.0 Å². The molecule has 0 radical (unpaired) electrons. The first-order chi connectivity index (χ1) is 16.2. The van der Waals surface area contributed by atoms with Crippen molar-refractivity contribution in [1.82, 2.24) is 0 Å². The van der Waals surface area contributed by atoms with Crippen molar-refractivity contribution < 1.29 is 14.4 Å². The Morgan fingerprint density at radius 2 is 1.53 bits per heavy atom. The van der Waals surface area contributed by atoms with Crippen LogP contribution in [0.25, 0.3) is 5.57 Å². The summed E-state index contributed by atoms with van der Waals surface area (Å²) in [5, 5.41) is 5.98. The van der Waals surface area contributed by atoms with Gasteiger partial charge in [-0.3, -0.25) is 14.4 Å². The van der Waals surface area contributed by atoms with Crippen molar-refractivity contribution in [1.29, 1.82) is 0 Å². The van der Waals surface area contributed by atoms with Gasteiger partial charge in [0.15, 0.2) is 0 Å². The van der Waals surface area contributed by atoms with Crippen LogP contribution in [0.5, 0.6) is 0 Å². The van der Waals surface area contributed by atoms with Crippen LogP contribution >= 0.6 is 0 Å². The Labute approximate surface area is 199 Å². The molecule has 0 aromatic heterocycles. The summed E-state index contributed by atoms with van der Waals surface area (Å²) in [5.74, 6) is -0.979. The highest BCUT2D eigenvalue weighted by Gasteiger charge is 2.41. The normalized spacial score (nSPS) is 13.5. The Kier molecular flexibility index (Phi) is 6.07. The number of amides is 3. The number of hydrogen-bond donors (Lipinski definition) is 2. The second kappa shape index (κ2) is 8.98. The molecule has 1 heterocycles. The third-order valence-corrected chi connectivity index (χ3v) is 6.04. The van der Waals surface area contributed by atoms with Crippen molar-refractivity contribution in [3.63, 3.8) is 0 Å². The first-order valence-electron chi connectivity index (χ1n) is 11.1. The van der Waals surface area contributed by atoms with Crippen LogP contribution in [0.2, 0.25) is 0 Å². The van der Waals surface area contributed by atoms with Gasteiger partial charge in [0.1, 0.15) is 5.70 Å². The number of nitrogens with zero attached hydrogens (tertiary/aromatic N) is 1. The van der Waals surface area contributed by atoms with Gasteiger partial charge in [-0.25, -0.2) is 4.90 Å². The van der Waals surface area contributed by atoms with Crippen molar-refractivity contribution >= 4 is 40.4 Å². The lowest BCUT2D eigenvalue weighted by Gasteiger charge is -2.18. The third-order valence-electron chi connectivity index (χ3n) is 6.04. The highest BCUT2D eigenvalue weighted by Crippen LogP contribution is 2.36. The van der Waals surface area contributed by atoms with Crippen LogP contribution in [-0.2, 0) is 14.4 Å². The molecule has 0 aliphatic carbocycles. The quantitative estimate of drug-likeness (QED) is 0.516. The largest absolute Gasteiger partial charge is 0.350 e. The zero-order valence-corrected chi connectivity index (χ0v) is 19.9. The van der Waals surface area contributed by atoms with Crippen molar-refractivity contribution in [2.45, 2.75) is 34.6 Å². The molecule has 0 saturated carbocycles. The van der Waals surface area contributed by atoms with Crippen molar-refractivity contribution in [3.05, 3.63) is 94.2 Å². The zero-order valence-electron chi connectivity index (χ0n) is 19.9. The first-order valence-corrected chi connectivity index (χ1v) is 11.1. The number of hydrogen-bond acceptors (Lipinski definition) is 4. The number of anilines is 3. The fourth-order valence-electron chi connectivity index (χ4n) is 4.13. The van der Waals surface area contributed by atoms with Crippen LogP contribution in [0.15, 0.2) is 66.4 Å². The molecule has 0 unspecified atom stereocenters. The fourth-order valence-corrected chi connectivity index (χ4v) is 4.13. The number of aryl methyl sites for hydroxylation is 3. The van der Waals surface area contributed by atoms with Gasteiger partial charge in [0.25, 0.3) is 11.8 Å². The van der Waals surface area contributed by atoms with Gasteiger partial charge in [-0.05, 0) is 74.2 Å². The van der Waals surface area contributed by atoms with Crippen LogP contribution in [0, 0.1) is 27.7 Å². The van der Waals surface area contributed by atoms with Gasteiger partial charge in [0, 0.05) is 18.3 Å². The summed E-state index contributed by atoms with van der Waals surface area (Å²) in [6.07, 6.45) is 0. The van der Waals surface area contributed by atoms with E-state index in [-0.39, 0.29) is 11.6 Å². The topological polar surface area (TPSA) is 78.5 Å². The summed E-state index contributed by atoms with van der Waals surface area (Å²) in [6, 6.07) is 18.4. The van der Waals surface area contributed by atoms with Gasteiger partial charge >= 0.3 is 0 Å². The van der Waals surface area contributed by atoms with E-state index in [1.54, 1.807) is 30.3 Å². The molecule has 34 heavy (non-hydrogen) atoms. The highest BCUT2D eigenvalue weighted by molar-refractivity contribution is 6.46. The maximum atomic E-state index is 13.7. The number of carbonyl (C=O) groups is 3. The smallest absolute Gasteiger partial charge is 0.282 e. The summed E-state index contributed by atoms with van der Waals surface area (Å²) in [5.41, 5.74) is 7.03. The molecule has 1 aliphatic rings. The molecule has 3 aromatic carbocycles. The lowest BCUT2D eigenvalue weighted by molar-refractivity contribution is -0.120. The molecule has 3 amide bonds. The number of imide groups is 1. The summed E-state index contributed by atoms with van der Waals surface area (Å²) in [4.78, 5) is 40.0. The molecule has 6 heteroatoms. The van der Waals surface area contributed by atoms with E-state index in [1.165, 1.54) is 11.8 Å². The lowest BCUT2D eigenvalue weighted by atomic mass is 10.0. The number of rotatable bonds is 5. The summed E-state index contributed by atoms with van der Waals surface area (Å²) < 4.78 is 0. The van der Waals surface area contributed by atoms with E-state index in [0.29, 0.717) is 22.5 Å². The first kappa shape index (κ1) is 23.0. The molecule has 3 aromatic rings. The monoisotopic (exact) mass is 453 g/mol. The minimum absolute atomic E-state index is 0.183. The van der Waals surface area contributed by atoms with E-state index >= 15 is 0 Å². The Hall–Kier alpha value is -4.19. The molecule has 0 spiro atoms. The highest BCUT2D eigenvalue weighted by atomic mass is 16.2. The number of nitrogens with one attached hydrogen (secondary N) is 2. The molecular weight excluding hydrogens is 426 g/mol. The maximum Gasteiger partial charge on any atom is 0.282 e. The van der Waals surface area contributed by atoms with Crippen molar-refractivity contribution in [2.75, 3.05) is 15.5 Å². The number of benzene rings is 3. The molecule has 1 aliphatic heterocycles. The fraction of sp³-hybridized carbons (Fsp3) is 0.179. The van der Waals surface area contributed by atoms with Crippen LogP contribution in [-0.4, -0.2) is 17.7 Å². The Morgan fingerprint density at radius 1 is 0.824 bits per heavy atom. The summed E-state index contributed by atoms with van der Waals surface area (Å²) in [6.45, 7) is 9.27. The van der Waals surface area contributed by atoms with Crippen LogP contribution in [0.3, 0.4) is 0 Å². The van der Waals surface area contributed by atoms with Crippen LogP contribution in [0.4, 0.5) is 17.1 Å². The van der Waals surface area contributed by atoms with Crippen molar-refractivity contribution in [2.24, 2.45) is 0 Å². The molecule has 6 nitrogen and oxygen atoms in total. The van der Waals surface area contributed by atoms with E-state index in [4.69, 9.17) is 0 Å².